The third-order valence-corrected chi connectivity index (χ3v) is 25.8. The van der Waals surface area contributed by atoms with Crippen LogP contribution in [0.4, 0.5) is 28.4 Å². The van der Waals surface area contributed by atoms with Gasteiger partial charge in [0.25, 0.3) is 0 Å². The van der Waals surface area contributed by atoms with Crippen LogP contribution in [-0.2, 0) is 5.41 Å². The van der Waals surface area contributed by atoms with Crippen LogP contribution in [0.25, 0.3) is 0 Å². The predicted molar refractivity (Wildman–Crippen MR) is 575 cm³/mol. The van der Waals surface area contributed by atoms with E-state index >= 15 is 0 Å². The van der Waals surface area contributed by atoms with Gasteiger partial charge in [0.15, 0.2) is 0 Å². The minimum atomic E-state index is -2.10. The third-order valence-electron chi connectivity index (χ3n) is 25.8. The van der Waals surface area contributed by atoms with Gasteiger partial charge in [-0.15, -0.1) is 0 Å². The maximum absolute atomic E-state index is 9.16. The molecule has 702 valence electrons. The largest absolute Gasteiger partial charge is 0.329 e. The van der Waals surface area contributed by atoms with Gasteiger partial charge >= 0.3 is 0 Å². The van der Waals surface area contributed by atoms with Gasteiger partial charge in [-0.05, 0) is 203 Å². The lowest BCUT2D eigenvalue weighted by Gasteiger charge is -2.37. The normalized spacial score (nSPS) is 23.9. The Morgan fingerprint density at radius 2 is 0.602 bits per heavy atom. The van der Waals surface area contributed by atoms with E-state index in [0.29, 0.717) is 5.92 Å². The fraction of sp³-hybridized carbons (Fsp3) is 0.424. The highest BCUT2D eigenvalue weighted by Gasteiger charge is 2.52. The van der Waals surface area contributed by atoms with Gasteiger partial charge in [0.05, 0.1) is 16.8 Å². The molecule has 11 aliphatic rings. The number of nitrogens with zero attached hydrogens (tertiary/aromatic N) is 10. The summed E-state index contributed by atoms with van der Waals surface area (Å²) in [6.07, 6.45) is 26.7. The van der Waals surface area contributed by atoms with Crippen molar-refractivity contribution < 1.29 is 11.0 Å². The molecule has 1 fully saturated rings. The highest BCUT2D eigenvalue weighted by atomic mass is 15.5. The van der Waals surface area contributed by atoms with Crippen LogP contribution >= 0.6 is 0 Å². The average molecular weight is 1750 g/mol. The van der Waals surface area contributed by atoms with E-state index in [2.05, 4.69) is 308 Å². The molecule has 8 aromatic carbocycles. The van der Waals surface area contributed by atoms with Crippen LogP contribution in [-0.4, -0.2) is 55.3 Å². The lowest BCUT2D eigenvalue weighted by atomic mass is 9.68. The fourth-order valence-electron chi connectivity index (χ4n) is 20.1. The standard InChI is InChI=1S/C27H26N2.C22H30N2.C21H22N2.C17H22N2.C16H20N2.15CH4/c1-20-12-10-11-17-25(20)29-21(2)26-27(18-19-28(26)22(29)3,23-13-6-4-7-14-23)24-15-8-5-9-16-24;1-16-10-8-9-13-20(16)24-17(2)21-22(4,14-15-23(21)18(24)3)19-11-6-5-7-12-19;1-15-9-7-8-12-20(15)23-16(2)21-19(13-14-22(21)17(23)3)18-10-5-4-6-11-18;1-12-8-6-7-9-15(12)19-13(2)16-17(4,5)10-11-18(16)14(19)3;1-11-7-5-6-8-15(11)18-13(3)16-12(2)9-10-17(16)14(18)4;;;;;;;;;;;;;;;/h4-19,22H,1-3H3;8-10,13-15,18-19H,5-7,11-12H2,1-4H3;4-14,17,19H,1-3H3;6-11,14H,1-5H3;5-10,12,14H,1-4H3;15*1H4/i;3D3;19D;3D3;12D;;;;;;;;;;;;;;;. The van der Waals surface area contributed by atoms with Gasteiger partial charge in [-0.3, -0.25) is 0 Å². The Morgan fingerprint density at radius 3 is 1.00 bits per heavy atom. The van der Waals surface area contributed by atoms with Gasteiger partial charge in [-0.2, -0.15) is 0 Å². The van der Waals surface area contributed by atoms with E-state index in [1.54, 1.807) is 0 Å². The summed E-state index contributed by atoms with van der Waals surface area (Å²) in [6.45, 7) is 32.2. The molecule has 0 N–H and O–H groups in total. The van der Waals surface area contributed by atoms with Crippen LogP contribution in [0, 0.1) is 57.3 Å². The van der Waals surface area contributed by atoms with Crippen LogP contribution in [0.3, 0.4) is 0 Å². The molecule has 10 heterocycles. The third kappa shape index (κ3) is 20.3. The second-order valence-electron chi connectivity index (χ2n) is 33.1. The molecule has 1 saturated carbocycles. The maximum Gasteiger partial charge on any atom is 0.107 e. The lowest BCUT2D eigenvalue weighted by molar-refractivity contribution is 0.206. The Balaban J connectivity index is 0.00000164. The van der Waals surface area contributed by atoms with E-state index in [-0.39, 0.29) is 146 Å². The molecule has 10 nitrogen and oxygen atoms in total. The number of hydrogen-bond donors (Lipinski definition) is 0. The van der Waals surface area contributed by atoms with Crippen molar-refractivity contribution in [1.29, 1.82) is 0 Å². The lowest BCUT2D eigenvalue weighted by Crippen LogP contribution is -2.35. The van der Waals surface area contributed by atoms with Gasteiger partial charge in [0.2, 0.25) is 0 Å². The van der Waals surface area contributed by atoms with Crippen molar-refractivity contribution in [3.63, 3.8) is 0 Å². The van der Waals surface area contributed by atoms with Crippen molar-refractivity contribution in [3.8, 4) is 0 Å². The van der Waals surface area contributed by atoms with Crippen molar-refractivity contribution in [2.75, 3.05) is 24.5 Å². The fourth-order valence-corrected chi connectivity index (χ4v) is 20.1. The van der Waals surface area contributed by atoms with E-state index < -0.39 is 37.8 Å². The maximum atomic E-state index is 9.16. The molecule has 10 aliphatic heterocycles. The molecule has 0 amide bonds. The van der Waals surface area contributed by atoms with Crippen molar-refractivity contribution in [2.45, 2.75) is 317 Å². The van der Waals surface area contributed by atoms with Crippen molar-refractivity contribution >= 4 is 28.4 Å². The van der Waals surface area contributed by atoms with Crippen LogP contribution in [0.15, 0.2) is 331 Å². The molecule has 0 saturated heterocycles. The van der Waals surface area contributed by atoms with E-state index in [0.717, 1.165) is 62.2 Å². The van der Waals surface area contributed by atoms with Crippen LogP contribution in [0.2, 0.25) is 0 Å². The van der Waals surface area contributed by atoms with E-state index in [1.807, 2.05) is 133 Å². The summed E-state index contributed by atoms with van der Waals surface area (Å²) in [5, 5.41) is 0. The smallest absolute Gasteiger partial charge is 0.107 e. The molecule has 10 heteroatoms. The summed E-state index contributed by atoms with van der Waals surface area (Å²) in [5.74, 6) is -0.848. The second-order valence-corrected chi connectivity index (χ2v) is 33.1. The molecule has 19 rings (SSSR count). The van der Waals surface area contributed by atoms with Crippen molar-refractivity contribution in [2.24, 2.45) is 22.6 Å². The summed E-state index contributed by atoms with van der Waals surface area (Å²) in [4.78, 5) is 22.1. The van der Waals surface area contributed by atoms with Gasteiger partial charge in [-0.25, -0.2) is 0 Å². The number of anilines is 5. The molecule has 8 atom stereocenters. The highest BCUT2D eigenvalue weighted by Crippen LogP contribution is 2.57. The van der Waals surface area contributed by atoms with Crippen molar-refractivity contribution in [1.82, 2.24) is 24.5 Å². The van der Waals surface area contributed by atoms with Crippen LogP contribution < -0.4 is 24.5 Å². The van der Waals surface area contributed by atoms with Crippen LogP contribution in [0.5, 0.6) is 0 Å². The molecule has 8 unspecified atom stereocenters. The molecule has 128 heavy (non-hydrogen) atoms. The minimum absolute atomic E-state index is 0. The first kappa shape index (κ1) is 103. The molecule has 0 radical (unpaired) electrons. The van der Waals surface area contributed by atoms with Crippen molar-refractivity contribution in [3.05, 3.63) is 375 Å². The first-order valence-corrected chi connectivity index (χ1v) is 40.9. The summed E-state index contributed by atoms with van der Waals surface area (Å²) >= 11 is 0. The monoisotopic (exact) mass is 1750 g/mol. The van der Waals surface area contributed by atoms with E-state index in [9.17, 15) is 0 Å². The Morgan fingerprint density at radius 1 is 0.297 bits per heavy atom. The van der Waals surface area contributed by atoms with E-state index in [1.165, 1.54) is 99.8 Å². The van der Waals surface area contributed by atoms with Gasteiger partial charge in [0.1, 0.15) is 30.8 Å². The number of fused-ring (bicyclic) bond motifs is 5. The molecule has 1 aliphatic carbocycles. The number of rotatable bonds is 9. The SMILES string of the molecule is C.C.C.C.C.C.C.C.C.C.C.C.C.C.C.CC1=C2N(C=CC2(c2ccccc2)c2ccccc2)C(C)N1c1ccccc1C.[2H]C([2H])([2H])C1N2C=CC(C)(C)C2=C(C)N1c1ccccc1C.[2H]C([2H])([2H])C1N2C=CC(C)(C3CCCCC3)C2=C(C)N1c1ccccc1C.[2H]C1(C)C=CN2C1=C(C)N(c1ccccc1C)C2C.[2H]C1(c2ccccc2)C=CN2C1=C(C)N(c1ccccc1C)C2C. The molecule has 0 spiro atoms. The quantitative estimate of drug-likeness (QED) is 0.139. The Labute approximate surface area is 798 Å². The number of aryl methyl sites for hydroxylation is 5. The van der Waals surface area contributed by atoms with Gasteiger partial charge in [0, 0.05) is 139 Å². The molecule has 0 bridgehead atoms. The summed E-state index contributed by atoms with van der Waals surface area (Å²) in [5.41, 5.74) is 26.4. The zero-order valence-corrected chi connectivity index (χ0v) is 69.5. The Kier molecular flexibility index (Phi) is 38.0. The number of para-hydroxylation sites is 5. The first-order chi connectivity index (χ1) is 57.5. The van der Waals surface area contributed by atoms with Crippen LogP contribution in [0.1, 0.15) is 302 Å². The number of allylic oxidation sites excluding steroid dienone is 10. The minimum Gasteiger partial charge on any atom is -0.329 e. The second kappa shape index (κ2) is 47.5. The summed E-state index contributed by atoms with van der Waals surface area (Å²) in [7, 11) is 0. The zero-order valence-electron chi connectivity index (χ0n) is 77.5. The Bertz CT molecular complexity index is 5510. The molecule has 8 aromatic rings. The predicted octanol–water partition coefficient (Wildman–Crippen LogP) is 34.7. The molecular formula is C118H180N10. The topological polar surface area (TPSA) is 32.4 Å². The first-order valence-electron chi connectivity index (χ1n) is 44.9. The summed E-state index contributed by atoms with van der Waals surface area (Å²) in [6, 6.07) is 73.5. The van der Waals surface area contributed by atoms with Gasteiger partial charge < -0.3 is 49.0 Å². The highest BCUT2D eigenvalue weighted by molar-refractivity contribution is 5.70. The Hall–Kier alpha value is -10.8. The molecule has 0 aromatic heterocycles. The number of benzene rings is 8. The summed E-state index contributed by atoms with van der Waals surface area (Å²) < 4.78 is 66.6. The van der Waals surface area contributed by atoms with Gasteiger partial charge in [-0.1, -0.05) is 365 Å². The molecular weight excluding hydrogens is 1560 g/mol. The van der Waals surface area contributed by atoms with E-state index in [4.69, 9.17) is 11.0 Å². The average Bonchev–Trinajstić information content (AvgIpc) is 1.55. The number of hydrogen-bond acceptors (Lipinski definition) is 10. The zero-order chi connectivity index (χ0) is 86.4.